The normalized spacial score (nSPS) is 15.4. The van der Waals surface area contributed by atoms with Gasteiger partial charge in [-0.2, -0.15) is 5.26 Å². The predicted octanol–water partition coefficient (Wildman–Crippen LogP) is 3.32. The summed E-state index contributed by atoms with van der Waals surface area (Å²) in [7, 11) is 0. The maximum Gasteiger partial charge on any atom is 0.232 e. The molecule has 0 unspecified atom stereocenters. The Kier molecular flexibility index (Phi) is 5.57. The van der Waals surface area contributed by atoms with Gasteiger partial charge >= 0.3 is 0 Å². The van der Waals surface area contributed by atoms with Gasteiger partial charge in [0.05, 0.1) is 17.0 Å². The Hall–Kier alpha value is -2.71. The lowest BCUT2D eigenvalue weighted by atomic mass is 9.83. The van der Waals surface area contributed by atoms with Crippen molar-refractivity contribution < 1.29 is 9.18 Å². The third kappa shape index (κ3) is 4.17. The summed E-state index contributed by atoms with van der Waals surface area (Å²) < 4.78 is 14.0. The van der Waals surface area contributed by atoms with E-state index < -0.39 is 5.41 Å². The van der Waals surface area contributed by atoms with E-state index in [9.17, 15) is 9.18 Å². The predicted molar refractivity (Wildman–Crippen MR) is 102 cm³/mol. The van der Waals surface area contributed by atoms with Crippen LogP contribution in [0.5, 0.6) is 0 Å². The molecular formula is C22H24FN3O. The van der Waals surface area contributed by atoms with Crippen molar-refractivity contribution in [3.05, 3.63) is 71.0 Å². The molecule has 140 valence electrons. The second kappa shape index (κ2) is 7.89. The largest absolute Gasteiger partial charge is 0.339 e. The quantitative estimate of drug-likeness (QED) is 0.835. The molecule has 0 radical (unpaired) electrons. The Labute approximate surface area is 159 Å². The highest BCUT2D eigenvalue weighted by molar-refractivity contribution is 5.87. The van der Waals surface area contributed by atoms with E-state index in [0.717, 1.165) is 5.56 Å². The van der Waals surface area contributed by atoms with Crippen molar-refractivity contribution in [2.45, 2.75) is 25.8 Å². The molecule has 2 aromatic rings. The van der Waals surface area contributed by atoms with E-state index in [-0.39, 0.29) is 11.7 Å². The molecule has 1 amide bonds. The fourth-order valence-electron chi connectivity index (χ4n) is 3.49. The minimum Gasteiger partial charge on any atom is -0.339 e. The van der Waals surface area contributed by atoms with Gasteiger partial charge in [0.25, 0.3) is 0 Å². The summed E-state index contributed by atoms with van der Waals surface area (Å²) in [5.74, 6) is -0.177. The lowest BCUT2D eigenvalue weighted by Crippen LogP contribution is -2.52. The summed E-state index contributed by atoms with van der Waals surface area (Å²) in [6.07, 6.45) is 0. The Morgan fingerprint density at radius 1 is 1.11 bits per heavy atom. The number of hydrogen-bond donors (Lipinski definition) is 0. The van der Waals surface area contributed by atoms with Crippen LogP contribution < -0.4 is 0 Å². The van der Waals surface area contributed by atoms with Crippen molar-refractivity contribution in [2.75, 3.05) is 26.2 Å². The molecule has 0 bridgehead atoms. The average Bonchev–Trinajstić information content (AvgIpc) is 2.70. The molecule has 1 aliphatic heterocycles. The minimum atomic E-state index is -0.573. The van der Waals surface area contributed by atoms with Gasteiger partial charge in [-0.3, -0.25) is 9.69 Å². The molecule has 27 heavy (non-hydrogen) atoms. The van der Waals surface area contributed by atoms with Crippen LogP contribution in [0.1, 0.15) is 30.5 Å². The number of carbonyl (C=O) groups excluding carboxylic acids is 1. The molecule has 0 saturated carbocycles. The molecule has 0 aromatic heterocycles. The number of hydrogen-bond acceptors (Lipinski definition) is 3. The van der Waals surface area contributed by atoms with Crippen LogP contribution in [0.15, 0.2) is 48.5 Å². The lowest BCUT2D eigenvalue weighted by molar-refractivity contribution is -0.138. The summed E-state index contributed by atoms with van der Waals surface area (Å²) in [6.45, 7) is 6.98. The molecule has 3 rings (SSSR count). The molecule has 1 saturated heterocycles. The summed E-state index contributed by atoms with van der Waals surface area (Å²) in [6, 6.07) is 16.3. The van der Waals surface area contributed by atoms with Gasteiger partial charge in [0.2, 0.25) is 5.91 Å². The zero-order valence-electron chi connectivity index (χ0n) is 15.8. The van der Waals surface area contributed by atoms with Gasteiger partial charge in [-0.25, -0.2) is 4.39 Å². The molecule has 4 nitrogen and oxygen atoms in total. The van der Waals surface area contributed by atoms with E-state index in [4.69, 9.17) is 5.26 Å². The van der Waals surface area contributed by atoms with Crippen molar-refractivity contribution in [3.8, 4) is 6.07 Å². The van der Waals surface area contributed by atoms with Crippen LogP contribution in [-0.4, -0.2) is 41.9 Å². The van der Waals surface area contributed by atoms with E-state index in [1.165, 1.54) is 12.1 Å². The monoisotopic (exact) mass is 365 g/mol. The molecule has 2 aromatic carbocycles. The zero-order valence-corrected chi connectivity index (χ0v) is 15.8. The van der Waals surface area contributed by atoms with E-state index >= 15 is 0 Å². The zero-order chi connectivity index (χ0) is 19.4. The van der Waals surface area contributed by atoms with E-state index in [1.807, 2.05) is 55.1 Å². The van der Waals surface area contributed by atoms with Crippen LogP contribution in [0.2, 0.25) is 0 Å². The van der Waals surface area contributed by atoms with E-state index in [2.05, 4.69) is 4.90 Å². The first-order chi connectivity index (χ1) is 12.9. The van der Waals surface area contributed by atoms with Gasteiger partial charge in [-0.1, -0.05) is 30.3 Å². The van der Waals surface area contributed by atoms with Gasteiger partial charge in [-0.05, 0) is 37.6 Å². The fraction of sp³-hybridized carbons (Fsp3) is 0.364. The first-order valence-electron chi connectivity index (χ1n) is 9.17. The van der Waals surface area contributed by atoms with Crippen LogP contribution in [0, 0.1) is 17.1 Å². The number of rotatable bonds is 4. The molecule has 5 heteroatoms. The second-order valence-corrected chi connectivity index (χ2v) is 7.48. The van der Waals surface area contributed by atoms with Gasteiger partial charge in [-0.15, -0.1) is 0 Å². The standard InChI is InChI=1S/C22H24FN3O/c1-22(2,19-6-4-3-5-7-19)21(27)26-12-10-25(11-13-26)16-18-14-17(15-24)8-9-20(18)23/h3-9,14H,10-13,16H2,1-2H3. The molecule has 0 N–H and O–H groups in total. The highest BCUT2D eigenvalue weighted by atomic mass is 19.1. The maximum atomic E-state index is 14.0. The molecule has 1 aliphatic rings. The Balaban J connectivity index is 1.62. The number of nitriles is 1. The molecule has 0 aliphatic carbocycles. The number of piperazine rings is 1. The fourth-order valence-corrected chi connectivity index (χ4v) is 3.49. The summed E-state index contributed by atoms with van der Waals surface area (Å²) >= 11 is 0. The van der Waals surface area contributed by atoms with Crippen molar-refractivity contribution in [1.29, 1.82) is 5.26 Å². The Morgan fingerprint density at radius 2 is 1.78 bits per heavy atom. The van der Waals surface area contributed by atoms with Gasteiger partial charge in [0, 0.05) is 38.3 Å². The highest BCUT2D eigenvalue weighted by Gasteiger charge is 2.35. The van der Waals surface area contributed by atoms with Gasteiger partial charge < -0.3 is 4.90 Å². The van der Waals surface area contributed by atoms with Crippen LogP contribution in [-0.2, 0) is 16.8 Å². The van der Waals surface area contributed by atoms with E-state index in [1.54, 1.807) is 6.07 Å². The number of benzene rings is 2. The Bertz CT molecular complexity index is 850. The highest BCUT2D eigenvalue weighted by Crippen LogP contribution is 2.26. The molecule has 1 fully saturated rings. The lowest BCUT2D eigenvalue weighted by Gasteiger charge is -2.38. The summed E-state index contributed by atoms with van der Waals surface area (Å²) in [5, 5.41) is 8.99. The topological polar surface area (TPSA) is 47.3 Å². The van der Waals surface area contributed by atoms with Crippen LogP contribution in [0.25, 0.3) is 0 Å². The summed E-state index contributed by atoms with van der Waals surface area (Å²) in [4.78, 5) is 17.1. The van der Waals surface area contributed by atoms with Crippen molar-refractivity contribution in [2.24, 2.45) is 0 Å². The molecule has 1 heterocycles. The van der Waals surface area contributed by atoms with Crippen molar-refractivity contribution >= 4 is 5.91 Å². The van der Waals surface area contributed by atoms with Crippen molar-refractivity contribution in [3.63, 3.8) is 0 Å². The smallest absolute Gasteiger partial charge is 0.232 e. The molecular weight excluding hydrogens is 341 g/mol. The van der Waals surface area contributed by atoms with Crippen molar-refractivity contribution in [1.82, 2.24) is 9.80 Å². The van der Waals surface area contributed by atoms with Gasteiger partial charge in [0.15, 0.2) is 0 Å². The number of amides is 1. The SMILES string of the molecule is CC(C)(C(=O)N1CCN(Cc2cc(C#N)ccc2F)CC1)c1ccccc1. The average molecular weight is 365 g/mol. The second-order valence-electron chi connectivity index (χ2n) is 7.48. The third-order valence-corrected chi connectivity index (χ3v) is 5.26. The van der Waals surface area contributed by atoms with E-state index in [0.29, 0.717) is 43.9 Å². The number of carbonyl (C=O) groups is 1. The first kappa shape index (κ1) is 19.1. The molecule has 0 atom stereocenters. The number of nitrogens with zero attached hydrogens (tertiary/aromatic N) is 3. The first-order valence-corrected chi connectivity index (χ1v) is 9.17. The molecule has 0 spiro atoms. The maximum absolute atomic E-state index is 14.0. The third-order valence-electron chi connectivity index (χ3n) is 5.26. The summed E-state index contributed by atoms with van der Waals surface area (Å²) in [5.41, 5.74) is 1.42. The minimum absolute atomic E-state index is 0.117. The Morgan fingerprint density at radius 3 is 2.41 bits per heavy atom. The van der Waals surface area contributed by atoms with Crippen LogP contribution in [0.3, 0.4) is 0 Å². The number of halogens is 1. The van der Waals surface area contributed by atoms with Gasteiger partial charge in [0.1, 0.15) is 5.82 Å². The van der Waals surface area contributed by atoms with Crippen LogP contribution in [0.4, 0.5) is 4.39 Å². The van der Waals surface area contributed by atoms with Crippen LogP contribution >= 0.6 is 0 Å².